The van der Waals surface area contributed by atoms with Crippen molar-refractivity contribution in [3.8, 4) is 0 Å². The predicted octanol–water partition coefficient (Wildman–Crippen LogP) is 0.265. The second-order valence-electron chi connectivity index (χ2n) is 4.63. The quantitative estimate of drug-likeness (QED) is 0.498. The highest BCUT2D eigenvalue weighted by Crippen LogP contribution is 2.45. The van der Waals surface area contributed by atoms with Gasteiger partial charge in [-0.15, -0.1) is 0 Å². The van der Waals surface area contributed by atoms with Crippen molar-refractivity contribution in [2.24, 2.45) is 11.8 Å². The summed E-state index contributed by atoms with van der Waals surface area (Å²) < 4.78 is 5.50. The topological polar surface area (TPSA) is 55.8 Å². The highest BCUT2D eigenvalue weighted by molar-refractivity contribution is 6.05. The van der Waals surface area contributed by atoms with Gasteiger partial charge in [0.05, 0.1) is 30.1 Å². The summed E-state index contributed by atoms with van der Waals surface area (Å²) in [5.41, 5.74) is 0. The Balaban J connectivity index is 1.89. The SMILES string of the molecule is CC(C)ON1C(=O)[C@H]2[C@H](C1=O)[C@H]1C=C[C@@H]2O1. The first-order valence-electron chi connectivity index (χ1n) is 5.48. The number of imide groups is 1. The van der Waals surface area contributed by atoms with E-state index >= 15 is 0 Å². The Bertz CT molecular complexity index is 359. The highest BCUT2D eigenvalue weighted by Gasteiger charge is 2.61. The van der Waals surface area contributed by atoms with Crippen LogP contribution in [0.3, 0.4) is 0 Å². The summed E-state index contributed by atoms with van der Waals surface area (Å²) >= 11 is 0. The number of carbonyl (C=O) groups excluding carboxylic acids is 2. The third-order valence-electron chi connectivity index (χ3n) is 3.19. The summed E-state index contributed by atoms with van der Waals surface area (Å²) in [6, 6.07) is 0. The highest BCUT2D eigenvalue weighted by atomic mass is 16.7. The van der Waals surface area contributed by atoms with E-state index in [4.69, 9.17) is 9.57 Å². The molecule has 2 fully saturated rings. The molecule has 2 amide bonds. The third-order valence-corrected chi connectivity index (χ3v) is 3.19. The second kappa shape index (κ2) is 3.15. The van der Waals surface area contributed by atoms with Crippen molar-refractivity contribution < 1.29 is 19.2 Å². The van der Waals surface area contributed by atoms with Crippen LogP contribution in [0.15, 0.2) is 12.2 Å². The molecule has 16 heavy (non-hydrogen) atoms. The minimum Gasteiger partial charge on any atom is -0.365 e. The van der Waals surface area contributed by atoms with E-state index in [9.17, 15) is 9.59 Å². The van der Waals surface area contributed by atoms with Gasteiger partial charge in [-0.1, -0.05) is 12.2 Å². The van der Waals surface area contributed by atoms with Crippen LogP contribution in [0.2, 0.25) is 0 Å². The lowest BCUT2D eigenvalue weighted by atomic mass is 9.85. The van der Waals surface area contributed by atoms with Gasteiger partial charge in [0.2, 0.25) is 0 Å². The molecule has 3 aliphatic heterocycles. The standard InChI is InChI=1S/C11H13NO4/c1-5(2)16-12-10(13)8-6-3-4-7(15-6)9(8)11(12)14/h3-9H,1-2H3/t6-,7+,8-,9-/m1/s1. The molecule has 5 heteroatoms. The fraction of sp³-hybridized carbons (Fsp3) is 0.636. The minimum atomic E-state index is -0.374. The lowest BCUT2D eigenvalue weighted by Gasteiger charge is -2.18. The normalized spacial score (nSPS) is 40.3. The maximum absolute atomic E-state index is 12.0. The Labute approximate surface area is 92.9 Å². The molecule has 2 bridgehead atoms. The largest absolute Gasteiger partial charge is 0.365 e. The number of rotatable bonds is 2. The fourth-order valence-electron chi connectivity index (χ4n) is 2.59. The Morgan fingerprint density at radius 1 is 1.19 bits per heavy atom. The van der Waals surface area contributed by atoms with Crippen LogP contribution in [-0.2, 0) is 19.2 Å². The van der Waals surface area contributed by atoms with Crippen molar-refractivity contribution in [2.75, 3.05) is 0 Å². The van der Waals surface area contributed by atoms with Crippen LogP contribution in [0, 0.1) is 11.8 Å². The van der Waals surface area contributed by atoms with Crippen LogP contribution in [0.4, 0.5) is 0 Å². The van der Waals surface area contributed by atoms with E-state index in [1.54, 1.807) is 13.8 Å². The van der Waals surface area contributed by atoms with Gasteiger partial charge in [-0.3, -0.25) is 14.4 Å². The first kappa shape index (κ1) is 9.99. The van der Waals surface area contributed by atoms with Crippen molar-refractivity contribution in [2.45, 2.75) is 32.2 Å². The van der Waals surface area contributed by atoms with Gasteiger partial charge in [-0.2, -0.15) is 5.06 Å². The molecule has 86 valence electrons. The molecule has 4 atom stereocenters. The number of fused-ring (bicyclic) bond motifs is 5. The van der Waals surface area contributed by atoms with E-state index in [-0.39, 0.29) is 42.0 Å². The molecule has 0 saturated carbocycles. The molecule has 5 nitrogen and oxygen atoms in total. The molecule has 2 saturated heterocycles. The number of hydrogen-bond donors (Lipinski definition) is 0. The summed E-state index contributed by atoms with van der Waals surface area (Å²) in [6.07, 6.45) is 3.05. The van der Waals surface area contributed by atoms with Crippen molar-refractivity contribution >= 4 is 11.8 Å². The van der Waals surface area contributed by atoms with Crippen molar-refractivity contribution in [3.05, 3.63) is 12.2 Å². The van der Waals surface area contributed by atoms with Crippen molar-refractivity contribution in [3.63, 3.8) is 0 Å². The summed E-state index contributed by atoms with van der Waals surface area (Å²) in [7, 11) is 0. The summed E-state index contributed by atoms with van der Waals surface area (Å²) in [5, 5.41) is 0.926. The Hall–Kier alpha value is -1.20. The maximum atomic E-state index is 12.0. The second-order valence-corrected chi connectivity index (χ2v) is 4.63. The summed E-state index contributed by atoms with van der Waals surface area (Å²) in [5.74, 6) is -1.27. The van der Waals surface area contributed by atoms with Gasteiger partial charge in [-0.05, 0) is 13.8 Å². The van der Waals surface area contributed by atoms with Crippen LogP contribution in [0.1, 0.15) is 13.8 Å². The molecule has 0 aliphatic carbocycles. The number of ether oxygens (including phenoxy) is 1. The van der Waals surface area contributed by atoms with E-state index in [2.05, 4.69) is 0 Å². The van der Waals surface area contributed by atoms with Gasteiger partial charge in [0.15, 0.2) is 0 Å². The molecular weight excluding hydrogens is 210 g/mol. The first-order valence-corrected chi connectivity index (χ1v) is 5.48. The molecule has 0 spiro atoms. The molecule has 0 N–H and O–H groups in total. The molecule has 3 heterocycles. The van der Waals surface area contributed by atoms with Crippen molar-refractivity contribution in [1.29, 1.82) is 0 Å². The molecule has 0 aromatic carbocycles. The predicted molar refractivity (Wildman–Crippen MR) is 52.9 cm³/mol. The van der Waals surface area contributed by atoms with Gasteiger partial charge >= 0.3 is 0 Å². The monoisotopic (exact) mass is 223 g/mol. The first-order chi connectivity index (χ1) is 7.59. The van der Waals surface area contributed by atoms with Crippen LogP contribution in [0.5, 0.6) is 0 Å². The Morgan fingerprint density at radius 3 is 2.12 bits per heavy atom. The number of hydroxylamine groups is 2. The van der Waals surface area contributed by atoms with Crippen LogP contribution in [0.25, 0.3) is 0 Å². The molecule has 0 unspecified atom stereocenters. The van der Waals surface area contributed by atoms with E-state index in [0.29, 0.717) is 0 Å². The van der Waals surface area contributed by atoms with Crippen LogP contribution >= 0.6 is 0 Å². The number of amides is 2. The molecule has 0 radical (unpaired) electrons. The van der Waals surface area contributed by atoms with E-state index in [1.807, 2.05) is 12.2 Å². The number of nitrogens with zero attached hydrogens (tertiary/aromatic N) is 1. The third kappa shape index (κ3) is 1.13. The van der Waals surface area contributed by atoms with E-state index in [1.165, 1.54) is 0 Å². The summed E-state index contributed by atoms with van der Waals surface area (Å²) in [4.78, 5) is 29.2. The smallest absolute Gasteiger partial charge is 0.260 e. The Morgan fingerprint density at radius 2 is 1.69 bits per heavy atom. The number of hydrogen-bond acceptors (Lipinski definition) is 4. The molecule has 0 aromatic heterocycles. The van der Waals surface area contributed by atoms with E-state index < -0.39 is 0 Å². The van der Waals surface area contributed by atoms with Gasteiger partial charge in [-0.25, -0.2) is 0 Å². The van der Waals surface area contributed by atoms with Crippen LogP contribution < -0.4 is 0 Å². The average Bonchev–Trinajstić information content (AvgIpc) is 2.87. The summed E-state index contributed by atoms with van der Waals surface area (Å²) in [6.45, 7) is 3.58. The van der Waals surface area contributed by atoms with Gasteiger partial charge in [0.1, 0.15) is 0 Å². The zero-order valence-corrected chi connectivity index (χ0v) is 9.12. The van der Waals surface area contributed by atoms with Gasteiger partial charge in [0, 0.05) is 0 Å². The molecule has 3 rings (SSSR count). The number of carbonyl (C=O) groups is 2. The van der Waals surface area contributed by atoms with Crippen molar-refractivity contribution in [1.82, 2.24) is 5.06 Å². The fourth-order valence-corrected chi connectivity index (χ4v) is 2.59. The van der Waals surface area contributed by atoms with Crippen LogP contribution in [-0.4, -0.2) is 35.2 Å². The molecular formula is C11H13NO4. The molecule has 3 aliphatic rings. The molecule has 0 aromatic rings. The Kier molecular flexibility index (Phi) is 1.96. The van der Waals surface area contributed by atoms with Gasteiger partial charge < -0.3 is 4.74 Å². The van der Waals surface area contributed by atoms with Gasteiger partial charge in [0.25, 0.3) is 11.8 Å². The maximum Gasteiger partial charge on any atom is 0.260 e. The zero-order chi connectivity index (χ0) is 11.4. The zero-order valence-electron chi connectivity index (χ0n) is 9.12. The average molecular weight is 223 g/mol. The lowest BCUT2D eigenvalue weighted by molar-refractivity contribution is -0.202. The lowest BCUT2D eigenvalue weighted by Crippen LogP contribution is -2.36. The van der Waals surface area contributed by atoms with E-state index in [0.717, 1.165) is 5.06 Å². The minimum absolute atomic E-state index is 0.182.